The fourth-order valence-corrected chi connectivity index (χ4v) is 3.92. The minimum absolute atomic E-state index is 0.0375. The average molecular weight is 397 g/mol. The van der Waals surface area contributed by atoms with Gasteiger partial charge in [-0.25, -0.2) is 0 Å². The van der Waals surface area contributed by atoms with Crippen LogP contribution in [-0.4, -0.2) is 31.8 Å². The van der Waals surface area contributed by atoms with Crippen molar-refractivity contribution in [2.75, 3.05) is 30.8 Å². The number of nitrogens with zero attached hydrogens (tertiary/aromatic N) is 1. The van der Waals surface area contributed by atoms with Crippen molar-refractivity contribution in [3.63, 3.8) is 0 Å². The predicted molar refractivity (Wildman–Crippen MR) is 110 cm³/mol. The number of anilines is 1. The summed E-state index contributed by atoms with van der Waals surface area (Å²) in [7, 11) is 2.06. The molecule has 0 saturated heterocycles. The second-order valence-corrected chi connectivity index (χ2v) is 7.45. The van der Waals surface area contributed by atoms with Gasteiger partial charge in [0.05, 0.1) is 5.75 Å². The van der Waals surface area contributed by atoms with Crippen molar-refractivity contribution >= 4 is 46.6 Å². The molecule has 1 N–H and O–H groups in total. The SMILES string of the molecule is CN(CCCNC(=O)CSCc1c(Cl)cccc1Cl)c1ccccc1. The van der Waals surface area contributed by atoms with Gasteiger partial charge in [0, 0.05) is 41.6 Å². The molecule has 0 aliphatic carbocycles. The maximum atomic E-state index is 11.9. The van der Waals surface area contributed by atoms with E-state index < -0.39 is 0 Å². The van der Waals surface area contributed by atoms with Crippen LogP contribution in [0.3, 0.4) is 0 Å². The Bertz CT molecular complexity index is 662. The molecule has 2 rings (SSSR count). The third-order valence-corrected chi connectivity index (χ3v) is 5.40. The standard InChI is InChI=1S/C19H22Cl2N2OS/c1-23(15-7-3-2-4-8-15)12-6-11-22-19(24)14-25-13-16-17(20)9-5-10-18(16)21/h2-5,7-10H,6,11-14H2,1H3,(H,22,24). The van der Waals surface area contributed by atoms with E-state index in [0.29, 0.717) is 28.1 Å². The van der Waals surface area contributed by atoms with Gasteiger partial charge < -0.3 is 10.2 Å². The Labute approximate surface area is 163 Å². The molecule has 0 fully saturated rings. The van der Waals surface area contributed by atoms with Crippen LogP contribution in [0.2, 0.25) is 10.0 Å². The topological polar surface area (TPSA) is 32.3 Å². The highest BCUT2D eigenvalue weighted by atomic mass is 35.5. The zero-order valence-corrected chi connectivity index (χ0v) is 16.5. The molecule has 0 radical (unpaired) electrons. The van der Waals surface area contributed by atoms with Gasteiger partial charge in [0.2, 0.25) is 5.91 Å². The summed E-state index contributed by atoms with van der Waals surface area (Å²) >= 11 is 13.8. The van der Waals surface area contributed by atoms with Gasteiger partial charge in [-0.3, -0.25) is 4.79 Å². The third kappa shape index (κ3) is 6.81. The van der Waals surface area contributed by atoms with Gasteiger partial charge in [-0.1, -0.05) is 47.5 Å². The molecule has 1 amide bonds. The van der Waals surface area contributed by atoms with Crippen LogP contribution in [0, 0.1) is 0 Å². The van der Waals surface area contributed by atoms with Crippen molar-refractivity contribution in [2.45, 2.75) is 12.2 Å². The van der Waals surface area contributed by atoms with Gasteiger partial charge >= 0.3 is 0 Å². The molecule has 6 heteroatoms. The van der Waals surface area contributed by atoms with Crippen molar-refractivity contribution in [3.8, 4) is 0 Å². The summed E-state index contributed by atoms with van der Waals surface area (Å²) in [4.78, 5) is 14.1. The van der Waals surface area contributed by atoms with E-state index in [4.69, 9.17) is 23.2 Å². The molecule has 0 atom stereocenters. The summed E-state index contributed by atoms with van der Waals surface area (Å²) in [6, 6.07) is 15.7. The number of carbonyl (C=O) groups excluding carboxylic acids is 1. The number of thioether (sulfide) groups is 1. The number of hydrogen-bond donors (Lipinski definition) is 1. The zero-order chi connectivity index (χ0) is 18.1. The largest absolute Gasteiger partial charge is 0.375 e. The second-order valence-electron chi connectivity index (χ2n) is 5.65. The lowest BCUT2D eigenvalue weighted by atomic mass is 10.2. The molecule has 25 heavy (non-hydrogen) atoms. The molecule has 134 valence electrons. The molecule has 0 aromatic heterocycles. The van der Waals surface area contributed by atoms with Gasteiger partial charge in [-0.05, 0) is 36.2 Å². The van der Waals surface area contributed by atoms with Crippen LogP contribution in [-0.2, 0) is 10.5 Å². The molecule has 0 unspecified atom stereocenters. The fraction of sp³-hybridized carbons (Fsp3) is 0.316. The summed E-state index contributed by atoms with van der Waals surface area (Å²) in [6.07, 6.45) is 0.901. The quantitative estimate of drug-likeness (QED) is 0.613. The lowest BCUT2D eigenvalue weighted by molar-refractivity contribution is -0.118. The van der Waals surface area contributed by atoms with Crippen LogP contribution < -0.4 is 10.2 Å². The lowest BCUT2D eigenvalue weighted by Gasteiger charge is -2.19. The highest BCUT2D eigenvalue weighted by Gasteiger charge is 2.07. The van der Waals surface area contributed by atoms with Gasteiger partial charge in [-0.2, -0.15) is 0 Å². The van der Waals surface area contributed by atoms with Crippen LogP contribution in [0.5, 0.6) is 0 Å². The Morgan fingerprint density at radius 2 is 1.76 bits per heavy atom. The molecule has 0 aliphatic rings. The Hall–Kier alpha value is -1.36. The van der Waals surface area contributed by atoms with E-state index in [1.165, 1.54) is 17.4 Å². The Balaban J connectivity index is 1.61. The van der Waals surface area contributed by atoms with Crippen molar-refractivity contribution < 1.29 is 4.79 Å². The van der Waals surface area contributed by atoms with Crippen LogP contribution in [0.25, 0.3) is 0 Å². The molecule has 0 bridgehead atoms. The van der Waals surface area contributed by atoms with Crippen molar-refractivity contribution in [2.24, 2.45) is 0 Å². The van der Waals surface area contributed by atoms with Gasteiger partial charge in [0.25, 0.3) is 0 Å². The number of carbonyl (C=O) groups is 1. The predicted octanol–water partition coefficient (Wildman–Crippen LogP) is 4.87. The molecular weight excluding hydrogens is 375 g/mol. The number of amides is 1. The normalized spacial score (nSPS) is 10.5. The summed E-state index contributed by atoms with van der Waals surface area (Å²) in [5.41, 5.74) is 2.06. The van der Waals surface area contributed by atoms with E-state index in [1.54, 1.807) is 0 Å². The number of para-hydroxylation sites is 1. The first-order valence-electron chi connectivity index (χ1n) is 8.11. The molecule has 2 aromatic rings. The maximum absolute atomic E-state index is 11.9. The average Bonchev–Trinajstić information content (AvgIpc) is 2.62. The van der Waals surface area contributed by atoms with E-state index in [0.717, 1.165) is 18.5 Å². The molecule has 3 nitrogen and oxygen atoms in total. The number of halogens is 2. The van der Waals surface area contributed by atoms with Gasteiger partial charge in [0.15, 0.2) is 0 Å². The van der Waals surface area contributed by atoms with E-state index in [9.17, 15) is 4.79 Å². The Morgan fingerprint density at radius 1 is 1.08 bits per heavy atom. The third-order valence-electron chi connectivity index (χ3n) is 3.73. The van der Waals surface area contributed by atoms with Gasteiger partial charge in [0.1, 0.15) is 0 Å². The van der Waals surface area contributed by atoms with E-state index in [-0.39, 0.29) is 5.91 Å². The number of hydrogen-bond acceptors (Lipinski definition) is 3. The van der Waals surface area contributed by atoms with E-state index in [2.05, 4.69) is 29.4 Å². The summed E-state index contributed by atoms with van der Waals surface area (Å²) in [5.74, 6) is 1.06. The van der Waals surface area contributed by atoms with Crippen molar-refractivity contribution in [1.82, 2.24) is 5.32 Å². The number of rotatable bonds is 9. The molecule has 0 saturated carbocycles. The highest BCUT2D eigenvalue weighted by molar-refractivity contribution is 7.99. The summed E-state index contributed by atoms with van der Waals surface area (Å²) < 4.78 is 0. The Morgan fingerprint density at radius 3 is 2.44 bits per heavy atom. The first-order valence-corrected chi connectivity index (χ1v) is 10.0. The van der Waals surface area contributed by atoms with Crippen molar-refractivity contribution in [1.29, 1.82) is 0 Å². The van der Waals surface area contributed by atoms with Crippen LogP contribution >= 0.6 is 35.0 Å². The first-order chi connectivity index (χ1) is 12.1. The Kier molecular flexibility index (Phi) is 8.45. The first kappa shape index (κ1) is 20.0. The minimum atomic E-state index is 0.0375. The molecule has 0 heterocycles. The highest BCUT2D eigenvalue weighted by Crippen LogP contribution is 2.28. The lowest BCUT2D eigenvalue weighted by Crippen LogP contribution is -2.29. The summed E-state index contributed by atoms with van der Waals surface area (Å²) in [5, 5.41) is 4.24. The number of nitrogens with one attached hydrogen (secondary N) is 1. The van der Waals surface area contributed by atoms with E-state index >= 15 is 0 Å². The molecular formula is C19H22Cl2N2OS. The smallest absolute Gasteiger partial charge is 0.230 e. The van der Waals surface area contributed by atoms with Crippen molar-refractivity contribution in [3.05, 3.63) is 64.1 Å². The van der Waals surface area contributed by atoms with Crippen LogP contribution in [0.15, 0.2) is 48.5 Å². The molecule has 0 spiro atoms. The maximum Gasteiger partial charge on any atom is 0.230 e. The van der Waals surface area contributed by atoms with Crippen LogP contribution in [0.1, 0.15) is 12.0 Å². The van der Waals surface area contributed by atoms with E-state index in [1.807, 2.05) is 36.4 Å². The second kappa shape index (κ2) is 10.6. The number of benzene rings is 2. The minimum Gasteiger partial charge on any atom is -0.375 e. The van der Waals surface area contributed by atoms with Crippen LogP contribution in [0.4, 0.5) is 5.69 Å². The molecule has 2 aromatic carbocycles. The summed E-state index contributed by atoms with van der Waals surface area (Å²) in [6.45, 7) is 1.57. The monoisotopic (exact) mass is 396 g/mol. The zero-order valence-electron chi connectivity index (χ0n) is 14.2. The molecule has 0 aliphatic heterocycles. The van der Waals surface area contributed by atoms with Gasteiger partial charge in [-0.15, -0.1) is 11.8 Å². The fourth-order valence-electron chi connectivity index (χ4n) is 2.32.